The lowest BCUT2D eigenvalue weighted by Crippen LogP contribution is -2.38. The van der Waals surface area contributed by atoms with Crippen LogP contribution in [0.3, 0.4) is 0 Å². The van der Waals surface area contributed by atoms with Crippen molar-refractivity contribution >= 4 is 21.6 Å². The molecule has 1 aromatic heterocycles. The van der Waals surface area contributed by atoms with E-state index in [1.165, 1.54) is 8.99 Å². The van der Waals surface area contributed by atoms with Crippen LogP contribution in [0.5, 0.6) is 0 Å². The van der Waals surface area contributed by atoms with Crippen molar-refractivity contribution in [2.75, 3.05) is 38.0 Å². The molecule has 1 N–H and O–H groups in total. The van der Waals surface area contributed by atoms with Crippen LogP contribution in [-0.2, 0) is 21.9 Å². The standard InChI is InChI=1S/C25H31N5O4S/c1-19-10-12-22(13-11-19)35(33,34)29-15-7-14-28(16-17-29)18-23(31)26-24-20(2)27(3)30(25(24)32)21-8-5-4-6-9-21/h4-6,8-13H,7,14-18H2,1-3H3,(H,26,31). The number of hydrogen-bond donors (Lipinski definition) is 1. The molecule has 9 nitrogen and oxygen atoms in total. The molecule has 35 heavy (non-hydrogen) atoms. The van der Waals surface area contributed by atoms with Gasteiger partial charge < -0.3 is 5.32 Å². The minimum absolute atomic E-state index is 0.0809. The van der Waals surface area contributed by atoms with E-state index >= 15 is 0 Å². The van der Waals surface area contributed by atoms with Crippen LogP contribution in [-0.4, -0.2) is 65.6 Å². The third kappa shape index (κ3) is 5.24. The lowest BCUT2D eigenvalue weighted by molar-refractivity contribution is -0.117. The number of hydrogen-bond acceptors (Lipinski definition) is 5. The number of para-hydroxylation sites is 1. The maximum Gasteiger partial charge on any atom is 0.295 e. The van der Waals surface area contributed by atoms with E-state index in [9.17, 15) is 18.0 Å². The maximum absolute atomic E-state index is 13.0. The Hall–Kier alpha value is -3.21. The average molecular weight is 498 g/mol. The van der Waals surface area contributed by atoms with Crippen LogP contribution in [0.25, 0.3) is 5.69 Å². The molecule has 0 unspecified atom stereocenters. The minimum atomic E-state index is -3.58. The van der Waals surface area contributed by atoms with E-state index in [0.717, 1.165) is 5.56 Å². The Morgan fingerprint density at radius 1 is 0.943 bits per heavy atom. The minimum Gasteiger partial charge on any atom is -0.319 e. The van der Waals surface area contributed by atoms with Gasteiger partial charge in [-0.1, -0.05) is 35.9 Å². The van der Waals surface area contributed by atoms with Gasteiger partial charge in [0, 0.05) is 26.7 Å². The molecule has 0 atom stereocenters. The summed E-state index contributed by atoms with van der Waals surface area (Å²) in [4.78, 5) is 28.1. The molecule has 4 rings (SSSR count). The van der Waals surface area contributed by atoms with Crippen LogP contribution < -0.4 is 10.9 Å². The number of anilines is 1. The molecule has 1 fully saturated rings. The number of nitrogens with zero attached hydrogens (tertiary/aromatic N) is 4. The van der Waals surface area contributed by atoms with Gasteiger partial charge in [0.2, 0.25) is 15.9 Å². The van der Waals surface area contributed by atoms with Crippen LogP contribution in [0.15, 0.2) is 64.3 Å². The average Bonchev–Trinajstić information content (AvgIpc) is 2.99. The fraction of sp³-hybridized carbons (Fsp3) is 0.360. The SMILES string of the molecule is Cc1ccc(S(=O)(=O)N2CCCN(CC(=O)Nc3c(C)n(C)n(-c4ccccc4)c3=O)CC2)cc1. The highest BCUT2D eigenvalue weighted by atomic mass is 32.2. The summed E-state index contributed by atoms with van der Waals surface area (Å²) in [5.41, 5.74) is 2.32. The van der Waals surface area contributed by atoms with E-state index in [1.54, 1.807) is 42.9 Å². The van der Waals surface area contributed by atoms with Crippen molar-refractivity contribution in [3.05, 3.63) is 76.2 Å². The molecular formula is C25H31N5O4S. The van der Waals surface area contributed by atoms with Crippen molar-refractivity contribution < 1.29 is 13.2 Å². The topological polar surface area (TPSA) is 96.7 Å². The number of rotatable bonds is 6. The summed E-state index contributed by atoms with van der Waals surface area (Å²) in [6, 6.07) is 16.1. The number of amides is 1. The fourth-order valence-corrected chi connectivity index (χ4v) is 5.77. The Morgan fingerprint density at radius 3 is 2.31 bits per heavy atom. The quantitative estimate of drug-likeness (QED) is 0.563. The first-order valence-electron chi connectivity index (χ1n) is 11.6. The molecule has 0 aliphatic carbocycles. The highest BCUT2D eigenvalue weighted by Gasteiger charge is 2.27. The lowest BCUT2D eigenvalue weighted by atomic mass is 10.2. The van der Waals surface area contributed by atoms with Crippen molar-refractivity contribution in [3.63, 3.8) is 0 Å². The Morgan fingerprint density at radius 2 is 1.63 bits per heavy atom. The van der Waals surface area contributed by atoms with Crippen molar-refractivity contribution in [2.45, 2.75) is 25.2 Å². The van der Waals surface area contributed by atoms with E-state index < -0.39 is 10.0 Å². The monoisotopic (exact) mass is 497 g/mol. The largest absolute Gasteiger partial charge is 0.319 e. The summed E-state index contributed by atoms with van der Waals surface area (Å²) in [5.74, 6) is -0.300. The molecule has 0 spiro atoms. The van der Waals surface area contributed by atoms with Gasteiger partial charge in [0.15, 0.2) is 0 Å². The number of aryl methyl sites for hydroxylation is 1. The molecule has 0 radical (unpaired) electrons. The highest BCUT2D eigenvalue weighted by molar-refractivity contribution is 7.89. The van der Waals surface area contributed by atoms with E-state index in [0.29, 0.717) is 44.0 Å². The number of aromatic nitrogens is 2. The van der Waals surface area contributed by atoms with Gasteiger partial charge >= 0.3 is 0 Å². The molecule has 0 bridgehead atoms. The van der Waals surface area contributed by atoms with Gasteiger partial charge in [-0.25, -0.2) is 13.1 Å². The summed E-state index contributed by atoms with van der Waals surface area (Å²) in [7, 11) is -1.81. The molecule has 0 saturated carbocycles. The first-order chi connectivity index (χ1) is 16.7. The van der Waals surface area contributed by atoms with Crippen LogP contribution in [0.1, 0.15) is 17.7 Å². The van der Waals surface area contributed by atoms with E-state index in [2.05, 4.69) is 5.32 Å². The zero-order valence-corrected chi connectivity index (χ0v) is 21.1. The third-order valence-corrected chi connectivity index (χ3v) is 8.30. The van der Waals surface area contributed by atoms with E-state index in [1.807, 2.05) is 42.2 Å². The molecular weight excluding hydrogens is 466 g/mol. The van der Waals surface area contributed by atoms with Crippen LogP contribution >= 0.6 is 0 Å². The first kappa shape index (κ1) is 24.9. The van der Waals surface area contributed by atoms with Crippen molar-refractivity contribution in [1.82, 2.24) is 18.6 Å². The zero-order chi connectivity index (χ0) is 25.2. The van der Waals surface area contributed by atoms with E-state index in [-0.39, 0.29) is 28.6 Å². The van der Waals surface area contributed by atoms with Crippen molar-refractivity contribution in [1.29, 1.82) is 0 Å². The molecule has 2 aromatic carbocycles. The van der Waals surface area contributed by atoms with Crippen molar-refractivity contribution in [3.8, 4) is 5.69 Å². The Labute approximate surface area is 205 Å². The molecule has 10 heteroatoms. The summed E-state index contributed by atoms with van der Waals surface area (Å²) < 4.78 is 30.8. The van der Waals surface area contributed by atoms with Crippen molar-refractivity contribution in [2.24, 2.45) is 7.05 Å². The Balaban J connectivity index is 1.42. The third-order valence-electron chi connectivity index (χ3n) is 6.39. The number of carbonyl (C=O) groups is 1. The smallest absolute Gasteiger partial charge is 0.295 e. The molecule has 1 aliphatic heterocycles. The molecule has 1 aliphatic rings. The number of nitrogens with one attached hydrogen (secondary N) is 1. The maximum atomic E-state index is 13.0. The van der Waals surface area contributed by atoms with Gasteiger partial charge in [-0.15, -0.1) is 0 Å². The number of carbonyl (C=O) groups excluding carboxylic acids is 1. The van der Waals surface area contributed by atoms with E-state index in [4.69, 9.17) is 0 Å². The van der Waals surface area contributed by atoms with Gasteiger partial charge in [0.25, 0.3) is 5.56 Å². The van der Waals surface area contributed by atoms with Crippen LogP contribution in [0.2, 0.25) is 0 Å². The normalized spacial score (nSPS) is 15.6. The second-order valence-electron chi connectivity index (χ2n) is 8.83. The molecule has 186 valence electrons. The summed E-state index contributed by atoms with van der Waals surface area (Å²) in [6.07, 6.45) is 0.615. The molecule has 1 saturated heterocycles. The zero-order valence-electron chi connectivity index (χ0n) is 20.3. The summed E-state index contributed by atoms with van der Waals surface area (Å²) in [5, 5.41) is 2.78. The van der Waals surface area contributed by atoms with Crippen LogP contribution in [0.4, 0.5) is 5.69 Å². The molecule has 3 aromatic rings. The Bertz CT molecular complexity index is 1360. The first-order valence-corrected chi connectivity index (χ1v) is 13.1. The highest BCUT2D eigenvalue weighted by Crippen LogP contribution is 2.19. The van der Waals surface area contributed by atoms with Gasteiger partial charge in [0.05, 0.1) is 22.8 Å². The predicted molar refractivity (Wildman–Crippen MR) is 135 cm³/mol. The molecule has 2 heterocycles. The number of benzene rings is 2. The second-order valence-corrected chi connectivity index (χ2v) is 10.8. The fourth-order valence-electron chi connectivity index (χ4n) is 4.30. The predicted octanol–water partition coefficient (Wildman–Crippen LogP) is 2.13. The van der Waals surface area contributed by atoms with Gasteiger partial charge in [-0.2, -0.15) is 4.31 Å². The Kier molecular flexibility index (Phi) is 7.25. The number of sulfonamides is 1. The lowest BCUT2D eigenvalue weighted by Gasteiger charge is -2.21. The second kappa shape index (κ2) is 10.2. The summed E-state index contributed by atoms with van der Waals surface area (Å²) >= 11 is 0. The van der Waals surface area contributed by atoms with Crippen LogP contribution in [0, 0.1) is 13.8 Å². The summed E-state index contributed by atoms with van der Waals surface area (Å²) in [6.45, 7) is 5.51. The van der Waals surface area contributed by atoms with Gasteiger partial charge in [0.1, 0.15) is 5.69 Å². The van der Waals surface area contributed by atoms with Gasteiger partial charge in [-0.05, 0) is 51.1 Å². The molecule has 1 amide bonds. The van der Waals surface area contributed by atoms with Gasteiger partial charge in [-0.3, -0.25) is 19.2 Å².